The van der Waals surface area contributed by atoms with Crippen molar-refractivity contribution >= 4 is 35.8 Å². The maximum atomic E-state index is 13.8. The van der Waals surface area contributed by atoms with Crippen molar-refractivity contribution in [1.29, 1.82) is 0 Å². The molecule has 0 amide bonds. The Morgan fingerprint density at radius 3 is 2.52 bits per heavy atom. The number of rotatable bonds is 6. The van der Waals surface area contributed by atoms with Crippen LogP contribution in [0.25, 0.3) is 0 Å². The summed E-state index contributed by atoms with van der Waals surface area (Å²) in [5.74, 6) is 1.47. The van der Waals surface area contributed by atoms with E-state index in [1.807, 2.05) is 19.2 Å². The van der Waals surface area contributed by atoms with Crippen LogP contribution in [0.4, 0.5) is 10.2 Å². The van der Waals surface area contributed by atoms with Gasteiger partial charge in [-0.25, -0.2) is 14.4 Å². The molecule has 6 nitrogen and oxygen atoms in total. The first-order valence-corrected chi connectivity index (χ1v) is 9.79. The first kappa shape index (κ1) is 23.3. The molecule has 0 atom stereocenters. The standard InChI is InChI=1S/C21H29FN6.HI/c1-3-23-21(26-16-18-6-4-5-7-19(18)22)25-15-17-8-9-20(24-14-17)28-12-10-27(2)11-13-28;/h4-9,14H,3,10-13,15-16H2,1-2H3,(H2,23,25,26);1H. The number of hydrogen-bond donors (Lipinski definition) is 2. The molecule has 2 heterocycles. The number of pyridine rings is 1. The highest BCUT2D eigenvalue weighted by Crippen LogP contribution is 2.14. The summed E-state index contributed by atoms with van der Waals surface area (Å²) >= 11 is 0. The van der Waals surface area contributed by atoms with Crippen LogP contribution in [-0.4, -0.2) is 55.6 Å². The van der Waals surface area contributed by atoms with Crippen LogP contribution in [0.1, 0.15) is 18.1 Å². The van der Waals surface area contributed by atoms with Gasteiger partial charge in [0.1, 0.15) is 11.6 Å². The van der Waals surface area contributed by atoms with Crippen molar-refractivity contribution in [1.82, 2.24) is 20.5 Å². The normalized spacial score (nSPS) is 15.0. The molecule has 1 aliphatic rings. The average Bonchev–Trinajstić information content (AvgIpc) is 2.72. The highest BCUT2D eigenvalue weighted by molar-refractivity contribution is 14.0. The lowest BCUT2D eigenvalue weighted by molar-refractivity contribution is 0.312. The molecule has 1 aromatic heterocycles. The lowest BCUT2D eigenvalue weighted by Crippen LogP contribution is -2.44. The van der Waals surface area contributed by atoms with Crippen molar-refractivity contribution in [2.75, 3.05) is 44.7 Å². The van der Waals surface area contributed by atoms with Gasteiger partial charge in [0.2, 0.25) is 0 Å². The zero-order valence-electron chi connectivity index (χ0n) is 17.1. The first-order valence-electron chi connectivity index (χ1n) is 9.79. The molecule has 158 valence electrons. The van der Waals surface area contributed by atoms with Gasteiger partial charge in [0.25, 0.3) is 0 Å². The van der Waals surface area contributed by atoms with Crippen LogP contribution in [0.5, 0.6) is 0 Å². The van der Waals surface area contributed by atoms with E-state index in [1.165, 1.54) is 6.07 Å². The van der Waals surface area contributed by atoms with E-state index in [-0.39, 0.29) is 29.8 Å². The van der Waals surface area contributed by atoms with E-state index >= 15 is 0 Å². The van der Waals surface area contributed by atoms with E-state index in [4.69, 9.17) is 0 Å². The molecule has 0 saturated carbocycles. The number of likely N-dealkylation sites (N-methyl/N-ethyl adjacent to an activating group) is 1. The minimum atomic E-state index is -0.213. The van der Waals surface area contributed by atoms with Gasteiger partial charge in [-0.15, -0.1) is 24.0 Å². The Hall–Kier alpha value is -1.94. The smallest absolute Gasteiger partial charge is 0.191 e. The lowest BCUT2D eigenvalue weighted by Gasteiger charge is -2.33. The van der Waals surface area contributed by atoms with Crippen molar-refractivity contribution in [2.45, 2.75) is 20.0 Å². The summed E-state index contributed by atoms with van der Waals surface area (Å²) in [6.45, 7) is 7.79. The Morgan fingerprint density at radius 2 is 1.86 bits per heavy atom. The third-order valence-electron chi connectivity index (χ3n) is 4.80. The summed E-state index contributed by atoms with van der Waals surface area (Å²) < 4.78 is 13.8. The second-order valence-electron chi connectivity index (χ2n) is 6.96. The number of hydrogen-bond acceptors (Lipinski definition) is 4. The van der Waals surface area contributed by atoms with Gasteiger partial charge in [0, 0.05) is 51.0 Å². The average molecular weight is 512 g/mol. The maximum absolute atomic E-state index is 13.8. The zero-order valence-corrected chi connectivity index (χ0v) is 19.4. The molecule has 2 aromatic rings. The zero-order chi connectivity index (χ0) is 19.8. The number of aromatic nitrogens is 1. The number of halogens is 2. The van der Waals surface area contributed by atoms with Gasteiger partial charge in [0.15, 0.2) is 5.96 Å². The van der Waals surface area contributed by atoms with Crippen LogP contribution in [0, 0.1) is 5.82 Å². The van der Waals surface area contributed by atoms with Crippen molar-refractivity contribution in [3.63, 3.8) is 0 Å². The van der Waals surface area contributed by atoms with Crippen LogP contribution < -0.4 is 15.5 Å². The summed E-state index contributed by atoms with van der Waals surface area (Å²) in [5.41, 5.74) is 1.66. The summed E-state index contributed by atoms with van der Waals surface area (Å²) in [4.78, 5) is 13.8. The van der Waals surface area contributed by atoms with Gasteiger partial charge in [0.05, 0.1) is 6.54 Å². The predicted octanol–water partition coefficient (Wildman–Crippen LogP) is 2.85. The van der Waals surface area contributed by atoms with Crippen molar-refractivity contribution in [3.05, 3.63) is 59.5 Å². The highest BCUT2D eigenvalue weighted by Gasteiger charge is 2.14. The van der Waals surface area contributed by atoms with Gasteiger partial charge < -0.3 is 20.4 Å². The Kier molecular flexibility index (Phi) is 9.59. The monoisotopic (exact) mass is 512 g/mol. The van der Waals surface area contributed by atoms with Crippen LogP contribution >= 0.6 is 24.0 Å². The van der Waals surface area contributed by atoms with Crippen LogP contribution in [-0.2, 0) is 13.1 Å². The topological polar surface area (TPSA) is 55.8 Å². The SMILES string of the molecule is CCNC(=NCc1ccc(N2CCN(C)CC2)nc1)NCc1ccccc1F.I. The Morgan fingerprint density at radius 1 is 1.10 bits per heavy atom. The number of nitrogens with one attached hydrogen (secondary N) is 2. The molecule has 0 bridgehead atoms. The molecule has 1 aromatic carbocycles. The Bertz CT molecular complexity index is 775. The molecule has 3 rings (SSSR count). The lowest BCUT2D eigenvalue weighted by atomic mass is 10.2. The minimum Gasteiger partial charge on any atom is -0.357 e. The maximum Gasteiger partial charge on any atom is 0.191 e. The summed E-state index contributed by atoms with van der Waals surface area (Å²) in [5, 5.41) is 6.37. The van der Waals surface area contributed by atoms with Crippen LogP contribution in [0.3, 0.4) is 0 Å². The van der Waals surface area contributed by atoms with Gasteiger partial charge in [-0.1, -0.05) is 24.3 Å². The van der Waals surface area contributed by atoms with E-state index in [0.29, 0.717) is 24.6 Å². The highest BCUT2D eigenvalue weighted by atomic mass is 127. The number of aliphatic imine (C=N–C) groups is 1. The second kappa shape index (κ2) is 11.9. The van der Waals surface area contributed by atoms with E-state index in [9.17, 15) is 4.39 Å². The molecule has 0 spiro atoms. The summed E-state index contributed by atoms with van der Waals surface area (Å²) in [6, 6.07) is 10.9. The molecule has 0 unspecified atom stereocenters. The molecule has 0 aliphatic carbocycles. The molecular formula is C21H30FIN6. The quantitative estimate of drug-likeness (QED) is 0.354. The fourth-order valence-electron chi connectivity index (χ4n) is 3.07. The number of anilines is 1. The van der Waals surface area contributed by atoms with Crippen molar-refractivity contribution in [3.8, 4) is 0 Å². The van der Waals surface area contributed by atoms with Crippen molar-refractivity contribution < 1.29 is 4.39 Å². The molecule has 1 fully saturated rings. The molecule has 0 radical (unpaired) electrons. The molecule has 29 heavy (non-hydrogen) atoms. The fraction of sp³-hybridized carbons (Fsp3) is 0.429. The predicted molar refractivity (Wildman–Crippen MR) is 127 cm³/mol. The fourth-order valence-corrected chi connectivity index (χ4v) is 3.07. The molecule has 1 aliphatic heterocycles. The summed E-state index contributed by atoms with van der Waals surface area (Å²) in [7, 11) is 2.15. The summed E-state index contributed by atoms with van der Waals surface area (Å²) in [6.07, 6.45) is 1.89. The molecule has 8 heteroatoms. The largest absolute Gasteiger partial charge is 0.357 e. The third-order valence-corrected chi connectivity index (χ3v) is 4.80. The van der Waals surface area contributed by atoms with Crippen LogP contribution in [0.2, 0.25) is 0 Å². The molecule has 1 saturated heterocycles. The Balaban J connectivity index is 0.00000300. The first-order chi connectivity index (χ1) is 13.7. The van der Waals surface area contributed by atoms with E-state index in [0.717, 1.165) is 44.1 Å². The van der Waals surface area contributed by atoms with Gasteiger partial charge >= 0.3 is 0 Å². The number of nitrogens with zero attached hydrogens (tertiary/aromatic N) is 4. The van der Waals surface area contributed by atoms with Crippen LogP contribution in [0.15, 0.2) is 47.6 Å². The second-order valence-corrected chi connectivity index (χ2v) is 6.96. The number of guanidine groups is 1. The minimum absolute atomic E-state index is 0. The van der Waals surface area contributed by atoms with Gasteiger partial charge in [-0.3, -0.25) is 0 Å². The Labute approximate surface area is 189 Å². The third kappa shape index (κ3) is 7.11. The van der Waals surface area contributed by atoms with Crippen molar-refractivity contribution in [2.24, 2.45) is 4.99 Å². The van der Waals surface area contributed by atoms with Gasteiger partial charge in [-0.05, 0) is 31.7 Å². The van der Waals surface area contributed by atoms with E-state index in [2.05, 4.69) is 49.6 Å². The van der Waals surface area contributed by atoms with E-state index < -0.39 is 0 Å². The molecular weight excluding hydrogens is 482 g/mol. The van der Waals surface area contributed by atoms with Gasteiger partial charge in [-0.2, -0.15) is 0 Å². The number of piperazine rings is 1. The number of benzene rings is 1. The van der Waals surface area contributed by atoms with E-state index in [1.54, 1.807) is 12.1 Å². The molecule has 2 N–H and O–H groups in total.